The Balaban J connectivity index is 2.29. The van der Waals surface area contributed by atoms with Gasteiger partial charge in [0.15, 0.2) is 12.4 Å². The predicted molar refractivity (Wildman–Crippen MR) is 275 cm³/mol. The minimum atomic E-state index is -4.60. The van der Waals surface area contributed by atoms with Gasteiger partial charge in [0.05, 0.1) is 6.61 Å². The molecule has 0 saturated carbocycles. The Labute approximate surface area is 416 Å². The molecule has 0 aromatic heterocycles. The first-order chi connectivity index (χ1) is 33.0. The second-order valence-electron chi connectivity index (χ2n) is 20.3. The number of unbranched alkanes of at least 4 members (excludes halogenated alkanes) is 38. The van der Waals surface area contributed by atoms with E-state index in [1.165, 1.54) is 205 Å². The summed E-state index contributed by atoms with van der Waals surface area (Å²) in [5.74, 6) is -1.95. The van der Waals surface area contributed by atoms with Crippen molar-refractivity contribution in [2.45, 2.75) is 320 Å². The summed E-state index contributed by atoms with van der Waals surface area (Å²) < 4.78 is 54.4. The van der Waals surface area contributed by atoms with Gasteiger partial charge in [0.25, 0.3) is 10.1 Å². The van der Waals surface area contributed by atoms with Crippen molar-refractivity contribution in [2.75, 3.05) is 19.0 Å². The van der Waals surface area contributed by atoms with Crippen LogP contribution in [0.5, 0.6) is 0 Å². The van der Waals surface area contributed by atoms with Crippen molar-refractivity contribution in [3.05, 3.63) is 0 Å². The summed E-state index contributed by atoms with van der Waals surface area (Å²) >= 11 is 0. The molecule has 1 aliphatic rings. The number of esters is 2. The zero-order valence-corrected chi connectivity index (χ0v) is 44.6. The third kappa shape index (κ3) is 39.3. The maximum Gasteiger partial charge on any atom is 0.306 e. The van der Waals surface area contributed by atoms with E-state index < -0.39 is 71.2 Å². The third-order valence-electron chi connectivity index (χ3n) is 13.7. The van der Waals surface area contributed by atoms with Crippen LogP contribution in [0, 0.1) is 0 Å². The van der Waals surface area contributed by atoms with E-state index in [1.807, 2.05) is 0 Å². The fourth-order valence-corrected chi connectivity index (χ4v) is 9.96. The first kappa shape index (κ1) is 64.7. The Morgan fingerprint density at radius 1 is 0.441 bits per heavy atom. The van der Waals surface area contributed by atoms with Crippen LogP contribution in [0.15, 0.2) is 0 Å². The minimum absolute atomic E-state index is 0.173. The van der Waals surface area contributed by atoms with Crippen LogP contribution in [0.3, 0.4) is 0 Å². The maximum atomic E-state index is 12.9. The number of ether oxygens (including phenoxy) is 4. The lowest BCUT2D eigenvalue weighted by Gasteiger charge is -2.40. The first-order valence-electron chi connectivity index (χ1n) is 28.6. The maximum absolute atomic E-state index is 12.9. The molecule has 6 atom stereocenters. The van der Waals surface area contributed by atoms with Crippen molar-refractivity contribution in [1.29, 1.82) is 0 Å². The van der Waals surface area contributed by atoms with E-state index in [0.717, 1.165) is 38.5 Å². The highest BCUT2D eigenvalue weighted by Gasteiger charge is 2.46. The molecular formula is C55H106O12S. The summed E-state index contributed by atoms with van der Waals surface area (Å²) in [6, 6.07) is 0. The van der Waals surface area contributed by atoms with Gasteiger partial charge in [0.2, 0.25) is 0 Å². The van der Waals surface area contributed by atoms with Crippen molar-refractivity contribution in [3.8, 4) is 0 Å². The van der Waals surface area contributed by atoms with Crippen LogP contribution >= 0.6 is 0 Å². The monoisotopic (exact) mass is 991 g/mol. The van der Waals surface area contributed by atoms with E-state index >= 15 is 0 Å². The topological polar surface area (TPSA) is 186 Å². The van der Waals surface area contributed by atoms with Gasteiger partial charge >= 0.3 is 11.9 Å². The van der Waals surface area contributed by atoms with Gasteiger partial charge in [-0.1, -0.05) is 258 Å². The standard InChI is InChI=1S/C55H106O12S/c1-3-5-7-9-11-13-15-17-19-21-23-24-25-26-28-29-31-33-35-37-39-41-43-50(56)64-45-48(46-65-55-54(60)53(59)52(58)49(67-55)47-68(61,62)63)66-51(57)44-42-40-38-36-34-32-30-27-22-20-18-16-14-12-10-8-6-4-2/h48-49,52-55,58-60H,3-47H2,1-2H3,(H,61,62,63)/t48-,49-,52-,53?,54?,55+/m1/s1. The van der Waals surface area contributed by atoms with Crippen LogP contribution in [0.25, 0.3) is 0 Å². The molecule has 1 aliphatic heterocycles. The van der Waals surface area contributed by atoms with Gasteiger partial charge in [-0.25, -0.2) is 0 Å². The molecule has 0 aromatic rings. The summed E-state index contributed by atoms with van der Waals surface area (Å²) in [5.41, 5.74) is 0. The van der Waals surface area contributed by atoms with E-state index in [1.54, 1.807) is 0 Å². The largest absolute Gasteiger partial charge is 0.462 e. The molecule has 0 spiro atoms. The van der Waals surface area contributed by atoms with Crippen molar-refractivity contribution >= 4 is 22.1 Å². The Morgan fingerprint density at radius 3 is 1.07 bits per heavy atom. The van der Waals surface area contributed by atoms with Crippen molar-refractivity contribution in [3.63, 3.8) is 0 Å². The van der Waals surface area contributed by atoms with Crippen LogP contribution in [-0.4, -0.2) is 96.0 Å². The third-order valence-corrected chi connectivity index (χ3v) is 14.4. The summed E-state index contributed by atoms with van der Waals surface area (Å²) in [7, 11) is -4.60. The highest BCUT2D eigenvalue weighted by atomic mass is 32.2. The highest BCUT2D eigenvalue weighted by molar-refractivity contribution is 7.85. The molecule has 404 valence electrons. The van der Waals surface area contributed by atoms with E-state index in [9.17, 15) is 37.9 Å². The van der Waals surface area contributed by atoms with Crippen LogP contribution in [0.4, 0.5) is 0 Å². The lowest BCUT2D eigenvalue weighted by Crippen LogP contribution is -2.60. The molecule has 0 aliphatic carbocycles. The van der Waals surface area contributed by atoms with Crippen LogP contribution in [-0.2, 0) is 38.7 Å². The molecule has 13 heteroatoms. The molecule has 68 heavy (non-hydrogen) atoms. The second-order valence-corrected chi connectivity index (χ2v) is 21.8. The minimum Gasteiger partial charge on any atom is -0.462 e. The van der Waals surface area contributed by atoms with Gasteiger partial charge in [-0.2, -0.15) is 8.42 Å². The number of aliphatic hydroxyl groups is 3. The van der Waals surface area contributed by atoms with Gasteiger partial charge in [-0.3, -0.25) is 14.1 Å². The summed E-state index contributed by atoms with van der Waals surface area (Å²) in [6.07, 6.45) is 41.5. The van der Waals surface area contributed by atoms with E-state index in [4.69, 9.17) is 18.9 Å². The fraction of sp³-hybridized carbons (Fsp3) is 0.964. The molecular weight excluding hydrogens is 885 g/mol. The van der Waals surface area contributed by atoms with Crippen molar-refractivity contribution < 1.29 is 56.8 Å². The quantitative estimate of drug-likeness (QED) is 0.0257. The lowest BCUT2D eigenvalue weighted by molar-refractivity contribution is -0.297. The number of aliphatic hydroxyl groups excluding tert-OH is 3. The Morgan fingerprint density at radius 2 is 0.750 bits per heavy atom. The SMILES string of the molecule is CCCCCCCCCCCCCCCCCCCCCCCCC(=O)OC[C@H](CO[C@H]1O[C@H](CS(=O)(=O)O)[C@@H](O)C(O)C1O)OC(=O)CCCCCCCCCCCCCCCCCCCC. The predicted octanol–water partition coefficient (Wildman–Crippen LogP) is 13.6. The zero-order valence-electron chi connectivity index (χ0n) is 43.7. The van der Waals surface area contributed by atoms with Crippen molar-refractivity contribution in [1.82, 2.24) is 0 Å². The molecule has 0 amide bonds. The first-order valence-corrected chi connectivity index (χ1v) is 30.2. The molecule has 0 bridgehead atoms. The molecule has 2 unspecified atom stereocenters. The molecule has 0 radical (unpaired) electrons. The van der Waals surface area contributed by atoms with Crippen LogP contribution in [0.1, 0.15) is 284 Å². The Hall–Kier alpha value is -1.35. The van der Waals surface area contributed by atoms with E-state index in [-0.39, 0.29) is 19.4 Å². The fourth-order valence-electron chi connectivity index (χ4n) is 9.27. The Kier molecular flexibility index (Phi) is 43.3. The van der Waals surface area contributed by atoms with E-state index in [0.29, 0.717) is 12.8 Å². The molecule has 4 N–H and O–H groups in total. The van der Waals surface area contributed by atoms with Crippen LogP contribution < -0.4 is 0 Å². The molecule has 1 heterocycles. The zero-order chi connectivity index (χ0) is 49.8. The second kappa shape index (κ2) is 45.5. The summed E-state index contributed by atoms with van der Waals surface area (Å²) in [5, 5.41) is 31.0. The number of carbonyl (C=O) groups excluding carboxylic acids is 2. The molecule has 1 rings (SSSR count). The smallest absolute Gasteiger partial charge is 0.306 e. The summed E-state index contributed by atoms with van der Waals surface area (Å²) in [6.45, 7) is 3.83. The number of hydrogen-bond donors (Lipinski definition) is 4. The molecule has 1 saturated heterocycles. The van der Waals surface area contributed by atoms with Crippen molar-refractivity contribution in [2.24, 2.45) is 0 Å². The highest BCUT2D eigenvalue weighted by Crippen LogP contribution is 2.24. The molecule has 0 aromatic carbocycles. The van der Waals surface area contributed by atoms with Gasteiger partial charge in [-0.15, -0.1) is 0 Å². The van der Waals surface area contributed by atoms with E-state index in [2.05, 4.69) is 13.8 Å². The van der Waals surface area contributed by atoms with Gasteiger partial charge in [-0.05, 0) is 12.8 Å². The average Bonchev–Trinajstić information content (AvgIpc) is 3.31. The number of carbonyl (C=O) groups is 2. The normalized spacial score (nSPS) is 19.1. The number of hydrogen-bond acceptors (Lipinski definition) is 11. The summed E-state index contributed by atoms with van der Waals surface area (Å²) in [4.78, 5) is 25.6. The van der Waals surface area contributed by atoms with Gasteiger partial charge < -0.3 is 34.3 Å². The Bertz CT molecular complexity index is 1250. The number of rotatable bonds is 50. The lowest BCUT2D eigenvalue weighted by atomic mass is 10.00. The average molecular weight is 992 g/mol. The molecule has 12 nitrogen and oxygen atoms in total. The van der Waals surface area contributed by atoms with Gasteiger partial charge in [0.1, 0.15) is 36.8 Å². The van der Waals surface area contributed by atoms with Gasteiger partial charge in [0, 0.05) is 12.8 Å². The van der Waals surface area contributed by atoms with Crippen LogP contribution in [0.2, 0.25) is 0 Å². The molecule has 1 fully saturated rings.